The fourth-order valence-corrected chi connectivity index (χ4v) is 4.00. The van der Waals surface area contributed by atoms with E-state index in [1.54, 1.807) is 24.5 Å². The van der Waals surface area contributed by atoms with Gasteiger partial charge in [0.05, 0.1) is 12.2 Å². The van der Waals surface area contributed by atoms with Crippen molar-refractivity contribution in [1.82, 2.24) is 9.88 Å². The Balaban J connectivity index is 1.48. The molecule has 0 bridgehead atoms. The van der Waals surface area contributed by atoms with Crippen LogP contribution in [0.2, 0.25) is 0 Å². The third kappa shape index (κ3) is 5.66. The van der Waals surface area contributed by atoms with Crippen molar-refractivity contribution in [2.75, 3.05) is 23.4 Å². The highest BCUT2D eigenvalue weighted by atomic mass is 19.4. The molecule has 0 atom stereocenters. The number of alkyl halides is 3. The van der Waals surface area contributed by atoms with Crippen LogP contribution in [-0.2, 0) is 6.54 Å². The third-order valence-electron chi connectivity index (χ3n) is 5.76. The Bertz CT molecular complexity index is 1130. The Morgan fingerprint density at radius 2 is 1.79 bits per heavy atom. The topological polar surface area (TPSA) is 57.7 Å². The van der Waals surface area contributed by atoms with Gasteiger partial charge in [-0.25, -0.2) is 0 Å². The number of nitrogens with one attached hydrogen (secondary N) is 1. The quantitative estimate of drug-likeness (QED) is 0.531. The summed E-state index contributed by atoms with van der Waals surface area (Å²) in [6.45, 7) is 5.93. The zero-order valence-corrected chi connectivity index (χ0v) is 18.8. The Labute approximate surface area is 196 Å². The van der Waals surface area contributed by atoms with Gasteiger partial charge in [-0.3, -0.25) is 14.7 Å². The van der Waals surface area contributed by atoms with Crippen molar-refractivity contribution < 1.29 is 22.7 Å². The maximum Gasteiger partial charge on any atom is 0.573 e. The summed E-state index contributed by atoms with van der Waals surface area (Å²) >= 11 is 0. The van der Waals surface area contributed by atoms with E-state index in [1.807, 2.05) is 36.4 Å². The fraction of sp³-hybridized carbons (Fsp3) is 0.280. The average Bonchev–Trinajstić information content (AvgIpc) is 3.08. The van der Waals surface area contributed by atoms with Crippen molar-refractivity contribution in [3.8, 4) is 5.75 Å². The number of aromatic nitrogens is 1. The van der Waals surface area contributed by atoms with E-state index in [0.717, 1.165) is 11.3 Å². The number of anilines is 2. The van der Waals surface area contributed by atoms with Gasteiger partial charge in [0, 0.05) is 42.4 Å². The van der Waals surface area contributed by atoms with E-state index in [0.29, 0.717) is 31.0 Å². The lowest BCUT2D eigenvalue weighted by Crippen LogP contribution is -2.39. The molecule has 1 saturated heterocycles. The highest BCUT2D eigenvalue weighted by Gasteiger charge is 2.38. The molecule has 0 saturated carbocycles. The number of benzene rings is 2. The van der Waals surface area contributed by atoms with E-state index < -0.39 is 6.36 Å². The molecule has 1 fully saturated rings. The number of carbonyl (C=O) groups is 1. The van der Waals surface area contributed by atoms with Gasteiger partial charge in [-0.2, -0.15) is 0 Å². The van der Waals surface area contributed by atoms with Crippen LogP contribution >= 0.6 is 0 Å². The lowest BCUT2D eigenvalue weighted by Gasteiger charge is -2.30. The summed E-state index contributed by atoms with van der Waals surface area (Å²) in [5, 5.41) is 2.90. The van der Waals surface area contributed by atoms with Crippen LogP contribution in [0.5, 0.6) is 5.75 Å². The summed E-state index contributed by atoms with van der Waals surface area (Å²) in [5.74, 6) is -0.485. The molecule has 0 spiro atoms. The molecule has 3 aromatic rings. The third-order valence-corrected chi connectivity index (χ3v) is 5.76. The highest BCUT2D eigenvalue weighted by molar-refractivity contribution is 6.05. The van der Waals surface area contributed by atoms with Crippen molar-refractivity contribution in [3.05, 3.63) is 84.2 Å². The van der Waals surface area contributed by atoms with Gasteiger partial charge in [0.1, 0.15) is 5.75 Å². The number of carbonyl (C=O) groups excluding carboxylic acids is 1. The lowest BCUT2D eigenvalue weighted by atomic mass is 10.0. The molecular formula is C25H25F3N4O2. The molecule has 0 unspecified atom stereocenters. The first-order valence-corrected chi connectivity index (χ1v) is 10.8. The first kappa shape index (κ1) is 23.6. The van der Waals surface area contributed by atoms with Crippen LogP contribution in [-0.4, -0.2) is 40.9 Å². The van der Waals surface area contributed by atoms with Gasteiger partial charge in [0.25, 0.3) is 5.91 Å². The standard InChI is InChI=1S/C25H25F3N4O2/c1-24(2)16-31(20-8-10-21(11-9-20)34-25(26,27)28)17-32(24)15-18-12-13-29-14-22(18)23(33)30-19-6-4-3-5-7-19/h3-14H,15-17H2,1-2H3,(H,30,33). The van der Waals surface area contributed by atoms with Gasteiger partial charge in [0.15, 0.2) is 0 Å². The van der Waals surface area contributed by atoms with Crippen LogP contribution in [0.15, 0.2) is 73.1 Å². The molecule has 4 rings (SSSR count). The van der Waals surface area contributed by atoms with E-state index in [2.05, 4.69) is 38.7 Å². The Morgan fingerprint density at radius 1 is 1.09 bits per heavy atom. The predicted molar refractivity (Wildman–Crippen MR) is 124 cm³/mol. The van der Waals surface area contributed by atoms with Crippen molar-refractivity contribution in [2.45, 2.75) is 32.3 Å². The van der Waals surface area contributed by atoms with Crippen molar-refractivity contribution in [1.29, 1.82) is 0 Å². The monoisotopic (exact) mass is 470 g/mol. The first-order valence-electron chi connectivity index (χ1n) is 10.8. The highest BCUT2D eigenvalue weighted by Crippen LogP contribution is 2.32. The van der Waals surface area contributed by atoms with E-state index in [9.17, 15) is 18.0 Å². The zero-order chi connectivity index (χ0) is 24.3. The Morgan fingerprint density at radius 3 is 2.47 bits per heavy atom. The summed E-state index contributed by atoms with van der Waals surface area (Å²) in [6, 6.07) is 16.9. The van der Waals surface area contributed by atoms with Crippen LogP contribution < -0.4 is 15.0 Å². The SMILES string of the molecule is CC1(C)CN(c2ccc(OC(F)(F)F)cc2)CN1Cc1ccncc1C(=O)Nc1ccccc1. The molecule has 9 heteroatoms. The normalized spacial score (nSPS) is 15.9. The predicted octanol–water partition coefficient (Wildman–Crippen LogP) is 5.29. The minimum atomic E-state index is -4.72. The number of hydrogen-bond acceptors (Lipinski definition) is 5. The molecule has 1 aliphatic rings. The number of ether oxygens (including phenoxy) is 1. The maximum absolute atomic E-state index is 12.9. The fourth-order valence-electron chi connectivity index (χ4n) is 4.00. The van der Waals surface area contributed by atoms with Crippen LogP contribution in [0.3, 0.4) is 0 Å². The largest absolute Gasteiger partial charge is 0.573 e. The molecule has 34 heavy (non-hydrogen) atoms. The second-order valence-electron chi connectivity index (χ2n) is 8.74. The van der Waals surface area contributed by atoms with Gasteiger partial charge in [-0.05, 0) is 61.9 Å². The molecule has 2 heterocycles. The van der Waals surface area contributed by atoms with Gasteiger partial charge in [-0.15, -0.1) is 13.2 Å². The number of nitrogens with zero attached hydrogens (tertiary/aromatic N) is 3. The van der Waals surface area contributed by atoms with Crippen molar-refractivity contribution in [3.63, 3.8) is 0 Å². The van der Waals surface area contributed by atoms with E-state index >= 15 is 0 Å². The molecule has 2 aromatic carbocycles. The van der Waals surface area contributed by atoms with Gasteiger partial charge >= 0.3 is 6.36 Å². The minimum Gasteiger partial charge on any atom is -0.406 e. The number of amides is 1. The minimum absolute atomic E-state index is 0.233. The molecule has 1 amide bonds. The molecule has 178 valence electrons. The van der Waals surface area contributed by atoms with E-state index in [1.165, 1.54) is 12.1 Å². The zero-order valence-electron chi connectivity index (χ0n) is 18.8. The summed E-state index contributed by atoms with van der Waals surface area (Å²) in [6.07, 6.45) is -1.49. The number of para-hydroxylation sites is 1. The van der Waals surface area contributed by atoms with Crippen LogP contribution in [0, 0.1) is 0 Å². The smallest absolute Gasteiger partial charge is 0.406 e. The molecule has 6 nitrogen and oxygen atoms in total. The van der Waals surface area contributed by atoms with Crippen LogP contribution in [0.1, 0.15) is 29.8 Å². The van der Waals surface area contributed by atoms with Crippen molar-refractivity contribution in [2.24, 2.45) is 0 Å². The second kappa shape index (κ2) is 9.34. The summed E-state index contributed by atoms with van der Waals surface area (Å²) in [5.41, 5.74) is 2.59. The number of halogens is 3. The molecule has 0 radical (unpaired) electrons. The van der Waals surface area contributed by atoms with Crippen LogP contribution in [0.25, 0.3) is 0 Å². The summed E-state index contributed by atoms with van der Waals surface area (Å²) in [7, 11) is 0. The van der Waals surface area contributed by atoms with Gasteiger partial charge < -0.3 is 15.0 Å². The van der Waals surface area contributed by atoms with E-state index in [4.69, 9.17) is 0 Å². The number of hydrogen-bond donors (Lipinski definition) is 1. The van der Waals surface area contributed by atoms with Crippen LogP contribution in [0.4, 0.5) is 24.5 Å². The first-order chi connectivity index (χ1) is 16.1. The molecule has 1 N–H and O–H groups in total. The Kier molecular flexibility index (Phi) is 6.47. The molecule has 0 aliphatic carbocycles. The maximum atomic E-state index is 12.9. The van der Waals surface area contributed by atoms with E-state index in [-0.39, 0.29) is 17.2 Å². The summed E-state index contributed by atoms with van der Waals surface area (Å²) < 4.78 is 41.3. The van der Waals surface area contributed by atoms with Crippen molar-refractivity contribution >= 4 is 17.3 Å². The molecular weight excluding hydrogens is 445 g/mol. The number of rotatable bonds is 6. The number of pyridine rings is 1. The van der Waals surface area contributed by atoms with Gasteiger partial charge in [0.2, 0.25) is 0 Å². The van der Waals surface area contributed by atoms with Gasteiger partial charge in [-0.1, -0.05) is 18.2 Å². The summed E-state index contributed by atoms with van der Waals surface area (Å²) in [4.78, 5) is 21.4. The second-order valence-corrected chi connectivity index (χ2v) is 8.74. The Hall–Kier alpha value is -3.59. The lowest BCUT2D eigenvalue weighted by molar-refractivity contribution is -0.274. The average molecular weight is 470 g/mol. The molecule has 1 aliphatic heterocycles. The molecule has 1 aromatic heterocycles.